The van der Waals surface area contributed by atoms with E-state index in [9.17, 15) is 4.79 Å². The highest BCUT2D eigenvalue weighted by Crippen LogP contribution is 2.31. The van der Waals surface area contributed by atoms with Crippen LogP contribution in [0.1, 0.15) is 16.1 Å². The third-order valence-corrected chi connectivity index (χ3v) is 5.36. The second-order valence-corrected chi connectivity index (χ2v) is 7.72. The molecule has 4 rings (SSSR count). The highest BCUT2D eigenvalue weighted by atomic mass is 35.5. The van der Waals surface area contributed by atoms with Gasteiger partial charge in [-0.25, -0.2) is 4.68 Å². The van der Waals surface area contributed by atoms with E-state index in [4.69, 9.17) is 39.5 Å². The van der Waals surface area contributed by atoms with Crippen LogP contribution in [0.4, 0.5) is 5.82 Å². The van der Waals surface area contributed by atoms with Gasteiger partial charge in [0.15, 0.2) is 18.2 Å². The molecule has 31 heavy (non-hydrogen) atoms. The van der Waals surface area contributed by atoms with E-state index in [1.165, 1.54) is 4.68 Å². The monoisotopic (exact) mass is 475 g/mol. The lowest BCUT2D eigenvalue weighted by atomic mass is 10.2. The molecule has 2 heterocycles. The highest BCUT2D eigenvalue weighted by molar-refractivity contribution is 6.42. The maximum absolute atomic E-state index is 12.5. The Kier molecular flexibility index (Phi) is 6.46. The molecule has 0 fully saturated rings. The molecule has 2 aromatic heterocycles. The molecule has 0 atom stereocenters. The van der Waals surface area contributed by atoms with Crippen molar-refractivity contribution in [1.82, 2.24) is 19.6 Å². The number of ether oxygens (including phenoxy) is 1. The van der Waals surface area contributed by atoms with Crippen molar-refractivity contribution < 1.29 is 9.53 Å². The molecule has 2 aromatic carbocycles. The molecule has 1 N–H and O–H groups in total. The fourth-order valence-electron chi connectivity index (χ4n) is 2.79. The van der Waals surface area contributed by atoms with E-state index in [-0.39, 0.29) is 18.2 Å². The van der Waals surface area contributed by atoms with Crippen molar-refractivity contribution >= 4 is 46.5 Å². The van der Waals surface area contributed by atoms with Gasteiger partial charge in [-0.2, -0.15) is 10.2 Å². The first-order valence-electron chi connectivity index (χ1n) is 9.18. The minimum absolute atomic E-state index is 0.0554. The number of nitrogens with one attached hydrogen (secondary N) is 1. The average molecular weight is 477 g/mol. The fourth-order valence-corrected chi connectivity index (χ4v) is 3.33. The number of hydrogen-bond donors (Lipinski definition) is 1. The maximum Gasteiger partial charge on any atom is 0.277 e. The summed E-state index contributed by atoms with van der Waals surface area (Å²) in [6.07, 6.45) is 3.27. The van der Waals surface area contributed by atoms with E-state index in [0.717, 1.165) is 5.56 Å². The van der Waals surface area contributed by atoms with Gasteiger partial charge >= 0.3 is 0 Å². The number of nitrogens with zero attached hydrogens (tertiary/aromatic N) is 4. The second kappa shape index (κ2) is 9.43. The van der Waals surface area contributed by atoms with Crippen LogP contribution in [0.15, 0.2) is 67.0 Å². The molecule has 0 saturated heterocycles. The van der Waals surface area contributed by atoms with Gasteiger partial charge in [0.25, 0.3) is 5.91 Å². The van der Waals surface area contributed by atoms with E-state index in [1.807, 2.05) is 30.3 Å². The van der Waals surface area contributed by atoms with Crippen LogP contribution in [0.3, 0.4) is 0 Å². The quantitative estimate of drug-likeness (QED) is 0.389. The number of carbonyl (C=O) groups excluding carboxylic acids is 1. The standard InChI is InChI=1S/C21H16Cl3N5O2/c22-15-7-4-8-18(19(15)24)31-13-28-10-9-17(26-28)21(30)25-20-16(23)12-29(27-20)11-14-5-2-1-3-6-14/h1-10,12H,11,13H2,(H,25,27,30). The summed E-state index contributed by atoms with van der Waals surface area (Å²) >= 11 is 18.3. The summed E-state index contributed by atoms with van der Waals surface area (Å²) in [5.41, 5.74) is 1.26. The molecule has 0 unspecified atom stereocenters. The summed E-state index contributed by atoms with van der Waals surface area (Å²) in [6, 6.07) is 16.5. The number of amides is 1. The zero-order valence-corrected chi connectivity index (χ0v) is 18.3. The molecule has 10 heteroatoms. The smallest absolute Gasteiger partial charge is 0.277 e. The molecule has 7 nitrogen and oxygen atoms in total. The lowest BCUT2D eigenvalue weighted by Crippen LogP contribution is -2.15. The topological polar surface area (TPSA) is 74.0 Å². The molecule has 0 spiro atoms. The Morgan fingerprint density at radius 3 is 2.55 bits per heavy atom. The van der Waals surface area contributed by atoms with Crippen molar-refractivity contribution in [2.75, 3.05) is 5.32 Å². The molecule has 0 bridgehead atoms. The van der Waals surface area contributed by atoms with Gasteiger partial charge in [0.05, 0.1) is 11.6 Å². The fraction of sp³-hybridized carbons (Fsp3) is 0.0952. The van der Waals surface area contributed by atoms with Crippen molar-refractivity contribution in [3.8, 4) is 5.75 Å². The zero-order chi connectivity index (χ0) is 21.8. The van der Waals surface area contributed by atoms with Crippen LogP contribution in [0.5, 0.6) is 5.75 Å². The summed E-state index contributed by atoms with van der Waals surface area (Å²) in [5.74, 6) is 0.247. The van der Waals surface area contributed by atoms with Crippen LogP contribution in [-0.4, -0.2) is 25.5 Å². The Morgan fingerprint density at radius 1 is 0.935 bits per heavy atom. The van der Waals surface area contributed by atoms with E-state index < -0.39 is 5.91 Å². The van der Waals surface area contributed by atoms with Crippen LogP contribution in [0, 0.1) is 0 Å². The second-order valence-electron chi connectivity index (χ2n) is 6.53. The third-order valence-electron chi connectivity index (χ3n) is 4.28. The Morgan fingerprint density at radius 2 is 1.74 bits per heavy atom. The van der Waals surface area contributed by atoms with Gasteiger partial charge in [-0.3, -0.25) is 9.48 Å². The number of benzene rings is 2. The van der Waals surface area contributed by atoms with Crippen molar-refractivity contribution in [1.29, 1.82) is 0 Å². The predicted octanol–water partition coefficient (Wildman–Crippen LogP) is 5.38. The number of rotatable bonds is 7. The van der Waals surface area contributed by atoms with Gasteiger partial charge in [0.1, 0.15) is 15.8 Å². The number of halogens is 3. The maximum atomic E-state index is 12.5. The average Bonchev–Trinajstić information content (AvgIpc) is 3.37. The number of aromatic nitrogens is 4. The molecule has 0 aliphatic rings. The molecule has 158 valence electrons. The summed E-state index contributed by atoms with van der Waals surface area (Å²) in [7, 11) is 0. The minimum Gasteiger partial charge on any atom is -0.470 e. The summed E-state index contributed by atoms with van der Waals surface area (Å²) < 4.78 is 8.73. The van der Waals surface area contributed by atoms with Crippen molar-refractivity contribution in [3.63, 3.8) is 0 Å². The Balaban J connectivity index is 1.38. The van der Waals surface area contributed by atoms with Gasteiger partial charge in [-0.15, -0.1) is 0 Å². The Bertz CT molecular complexity index is 1210. The van der Waals surface area contributed by atoms with Gasteiger partial charge in [-0.05, 0) is 23.8 Å². The summed E-state index contributed by atoms with van der Waals surface area (Å²) in [6.45, 7) is 0.592. The van der Waals surface area contributed by atoms with E-state index in [0.29, 0.717) is 27.4 Å². The number of hydrogen-bond acceptors (Lipinski definition) is 4. The van der Waals surface area contributed by atoms with Crippen LogP contribution >= 0.6 is 34.8 Å². The molecule has 0 aliphatic carbocycles. The minimum atomic E-state index is -0.439. The molecular formula is C21H16Cl3N5O2. The number of anilines is 1. The van der Waals surface area contributed by atoms with Gasteiger partial charge < -0.3 is 10.1 Å². The van der Waals surface area contributed by atoms with Gasteiger partial charge in [0, 0.05) is 12.4 Å². The Labute approximate surface area is 193 Å². The Hall–Kier alpha value is -3.00. The lowest BCUT2D eigenvalue weighted by molar-refractivity contribution is 0.101. The molecule has 4 aromatic rings. The molecule has 0 radical (unpaired) electrons. The van der Waals surface area contributed by atoms with Crippen molar-refractivity contribution in [3.05, 3.63) is 93.3 Å². The first kappa shape index (κ1) is 21.2. The zero-order valence-electron chi connectivity index (χ0n) is 16.0. The van der Waals surface area contributed by atoms with Gasteiger partial charge in [0.2, 0.25) is 0 Å². The van der Waals surface area contributed by atoms with Crippen molar-refractivity contribution in [2.24, 2.45) is 0 Å². The van der Waals surface area contributed by atoms with Crippen molar-refractivity contribution in [2.45, 2.75) is 13.3 Å². The first-order valence-corrected chi connectivity index (χ1v) is 10.3. The predicted molar refractivity (Wildman–Crippen MR) is 120 cm³/mol. The van der Waals surface area contributed by atoms with E-state index in [2.05, 4.69) is 15.5 Å². The summed E-state index contributed by atoms with van der Waals surface area (Å²) in [4.78, 5) is 12.5. The van der Waals surface area contributed by atoms with Crippen LogP contribution in [0.25, 0.3) is 0 Å². The van der Waals surface area contributed by atoms with E-state index >= 15 is 0 Å². The first-order chi connectivity index (χ1) is 15.0. The lowest BCUT2D eigenvalue weighted by Gasteiger charge is -2.08. The van der Waals surface area contributed by atoms with Gasteiger partial charge in [-0.1, -0.05) is 71.2 Å². The van der Waals surface area contributed by atoms with Crippen LogP contribution < -0.4 is 10.1 Å². The normalized spacial score (nSPS) is 10.8. The molecule has 1 amide bonds. The number of carbonyl (C=O) groups is 1. The molecule has 0 saturated carbocycles. The van der Waals surface area contributed by atoms with E-state index in [1.54, 1.807) is 41.3 Å². The highest BCUT2D eigenvalue weighted by Gasteiger charge is 2.15. The summed E-state index contributed by atoms with van der Waals surface area (Å²) in [5, 5.41) is 12.3. The van der Waals surface area contributed by atoms with Crippen LogP contribution in [0.2, 0.25) is 15.1 Å². The molecule has 0 aliphatic heterocycles. The third kappa shape index (κ3) is 5.19. The van der Waals surface area contributed by atoms with Crippen LogP contribution in [-0.2, 0) is 13.3 Å². The SMILES string of the molecule is O=C(Nc1nn(Cc2ccccc2)cc1Cl)c1ccn(COc2cccc(Cl)c2Cl)n1. The largest absolute Gasteiger partial charge is 0.470 e. The molecular weight excluding hydrogens is 461 g/mol.